The normalized spacial score (nSPS) is 14.7. The smallest absolute Gasteiger partial charge is 0.0581 e. The summed E-state index contributed by atoms with van der Waals surface area (Å²) in [7, 11) is -0.854. The first-order chi connectivity index (χ1) is 6.31. The molecule has 1 atom stereocenters. The van der Waals surface area contributed by atoms with Gasteiger partial charge in [0.15, 0.2) is 0 Å². The van der Waals surface area contributed by atoms with Crippen molar-refractivity contribution in [2.75, 3.05) is 24.7 Å². The van der Waals surface area contributed by atoms with Crippen LogP contribution in [-0.2, 0) is 15.5 Å². The average Bonchev–Trinajstić information content (AvgIpc) is 1.94. The van der Waals surface area contributed by atoms with Crippen molar-refractivity contribution in [1.29, 1.82) is 0 Å². The monoisotopic (exact) mass is 221 g/mol. The SMILES string of the molecule is CC(C)COCCS(=O)CC(C)(C)N. The summed E-state index contributed by atoms with van der Waals surface area (Å²) in [6.45, 7) is 9.28. The highest BCUT2D eigenvalue weighted by Crippen LogP contribution is 2.00. The lowest BCUT2D eigenvalue weighted by Crippen LogP contribution is -2.39. The van der Waals surface area contributed by atoms with Crippen molar-refractivity contribution in [2.24, 2.45) is 11.7 Å². The minimum atomic E-state index is -0.854. The minimum absolute atomic E-state index is 0.344. The molecule has 14 heavy (non-hydrogen) atoms. The van der Waals surface area contributed by atoms with Crippen LogP contribution in [0.4, 0.5) is 0 Å². The Kier molecular flexibility index (Phi) is 6.57. The average molecular weight is 221 g/mol. The highest BCUT2D eigenvalue weighted by Gasteiger charge is 2.14. The van der Waals surface area contributed by atoms with E-state index < -0.39 is 10.8 Å². The van der Waals surface area contributed by atoms with Gasteiger partial charge in [-0.15, -0.1) is 0 Å². The summed E-state index contributed by atoms with van der Waals surface area (Å²) >= 11 is 0. The molecule has 0 aromatic carbocycles. The zero-order valence-electron chi connectivity index (χ0n) is 9.71. The fourth-order valence-electron chi connectivity index (χ4n) is 0.958. The van der Waals surface area contributed by atoms with Crippen LogP contribution in [0.15, 0.2) is 0 Å². The molecule has 0 heterocycles. The van der Waals surface area contributed by atoms with Gasteiger partial charge >= 0.3 is 0 Å². The van der Waals surface area contributed by atoms with Gasteiger partial charge in [-0.2, -0.15) is 0 Å². The first-order valence-electron chi connectivity index (χ1n) is 5.03. The van der Waals surface area contributed by atoms with Crippen molar-refractivity contribution >= 4 is 10.8 Å². The third-order valence-electron chi connectivity index (χ3n) is 1.44. The van der Waals surface area contributed by atoms with Crippen LogP contribution >= 0.6 is 0 Å². The standard InChI is InChI=1S/C10H23NO2S/c1-9(2)7-13-5-6-14(12)8-10(3,4)11/h9H,5-8,11H2,1-4H3. The first-order valence-corrected chi connectivity index (χ1v) is 6.51. The first kappa shape index (κ1) is 14.1. The van der Waals surface area contributed by atoms with Crippen LogP contribution < -0.4 is 5.73 Å². The Hall–Kier alpha value is 0.0700. The Bertz CT molecular complexity index is 175. The van der Waals surface area contributed by atoms with Gasteiger partial charge in [-0.1, -0.05) is 13.8 Å². The van der Waals surface area contributed by atoms with Crippen molar-refractivity contribution in [3.8, 4) is 0 Å². The minimum Gasteiger partial charge on any atom is -0.380 e. The summed E-state index contributed by atoms with van der Waals surface area (Å²) < 4.78 is 16.8. The van der Waals surface area contributed by atoms with Gasteiger partial charge in [0.1, 0.15) is 0 Å². The summed E-state index contributed by atoms with van der Waals surface area (Å²) in [6.07, 6.45) is 0. The van der Waals surface area contributed by atoms with E-state index in [4.69, 9.17) is 10.5 Å². The lowest BCUT2D eigenvalue weighted by Gasteiger charge is -2.17. The van der Waals surface area contributed by atoms with Crippen molar-refractivity contribution < 1.29 is 8.95 Å². The lowest BCUT2D eigenvalue weighted by atomic mass is 10.1. The Balaban J connectivity index is 3.46. The number of hydrogen-bond acceptors (Lipinski definition) is 3. The largest absolute Gasteiger partial charge is 0.380 e. The van der Waals surface area contributed by atoms with E-state index >= 15 is 0 Å². The predicted octanol–water partition coefficient (Wildman–Crippen LogP) is 1.15. The summed E-state index contributed by atoms with van der Waals surface area (Å²) in [5, 5.41) is 0. The molecule has 4 heteroatoms. The van der Waals surface area contributed by atoms with E-state index in [1.807, 2.05) is 13.8 Å². The molecule has 0 saturated carbocycles. The molecule has 0 aliphatic carbocycles. The topological polar surface area (TPSA) is 52.3 Å². The predicted molar refractivity (Wildman–Crippen MR) is 61.8 cm³/mol. The van der Waals surface area contributed by atoms with E-state index in [9.17, 15) is 4.21 Å². The maximum absolute atomic E-state index is 11.5. The van der Waals surface area contributed by atoms with Crippen molar-refractivity contribution in [3.63, 3.8) is 0 Å². The van der Waals surface area contributed by atoms with Crippen LogP contribution in [0.25, 0.3) is 0 Å². The van der Waals surface area contributed by atoms with Crippen molar-refractivity contribution in [3.05, 3.63) is 0 Å². The summed E-state index contributed by atoms with van der Waals surface area (Å²) in [5.41, 5.74) is 5.41. The zero-order chi connectivity index (χ0) is 11.2. The Morgan fingerprint density at radius 2 is 2.00 bits per heavy atom. The number of rotatable bonds is 7. The highest BCUT2D eigenvalue weighted by molar-refractivity contribution is 7.85. The summed E-state index contributed by atoms with van der Waals surface area (Å²) in [6, 6.07) is 0. The number of hydrogen-bond donors (Lipinski definition) is 1. The molecule has 0 rings (SSSR count). The highest BCUT2D eigenvalue weighted by atomic mass is 32.2. The second kappa shape index (κ2) is 6.53. The molecule has 0 radical (unpaired) electrons. The zero-order valence-corrected chi connectivity index (χ0v) is 10.5. The Labute approximate surface area is 89.9 Å². The van der Waals surface area contributed by atoms with Gasteiger partial charge in [-0.05, 0) is 19.8 Å². The van der Waals surface area contributed by atoms with Gasteiger partial charge in [0.25, 0.3) is 0 Å². The van der Waals surface area contributed by atoms with Crippen LogP contribution in [0, 0.1) is 5.92 Å². The molecular formula is C10H23NO2S. The van der Waals surface area contributed by atoms with Crippen LogP contribution in [0.1, 0.15) is 27.7 Å². The van der Waals surface area contributed by atoms with Gasteiger partial charge in [0.2, 0.25) is 0 Å². The van der Waals surface area contributed by atoms with Crippen LogP contribution in [0.2, 0.25) is 0 Å². The molecule has 0 amide bonds. The second-order valence-electron chi connectivity index (χ2n) is 4.75. The molecule has 0 spiro atoms. The molecule has 1 unspecified atom stereocenters. The lowest BCUT2D eigenvalue weighted by molar-refractivity contribution is 0.123. The number of ether oxygens (including phenoxy) is 1. The van der Waals surface area contributed by atoms with E-state index in [1.54, 1.807) is 0 Å². The van der Waals surface area contributed by atoms with Gasteiger partial charge in [-0.25, -0.2) is 0 Å². The van der Waals surface area contributed by atoms with Crippen molar-refractivity contribution in [1.82, 2.24) is 0 Å². The fourth-order valence-corrected chi connectivity index (χ4v) is 2.24. The van der Waals surface area contributed by atoms with E-state index in [1.165, 1.54) is 0 Å². The molecule has 2 N–H and O–H groups in total. The molecular weight excluding hydrogens is 198 g/mol. The van der Waals surface area contributed by atoms with E-state index in [0.717, 1.165) is 6.61 Å². The maximum atomic E-state index is 11.5. The third kappa shape index (κ3) is 10.2. The molecule has 0 fully saturated rings. The van der Waals surface area contributed by atoms with Crippen molar-refractivity contribution in [2.45, 2.75) is 33.2 Å². The summed E-state index contributed by atoms with van der Waals surface area (Å²) in [5.74, 6) is 1.67. The molecule has 0 aliphatic rings. The van der Waals surface area contributed by atoms with E-state index in [0.29, 0.717) is 24.0 Å². The van der Waals surface area contributed by atoms with E-state index in [2.05, 4.69) is 13.8 Å². The summed E-state index contributed by atoms with van der Waals surface area (Å²) in [4.78, 5) is 0. The van der Waals surface area contributed by atoms with E-state index in [-0.39, 0.29) is 5.54 Å². The Morgan fingerprint density at radius 3 is 2.43 bits per heavy atom. The molecule has 86 valence electrons. The molecule has 0 aromatic heterocycles. The van der Waals surface area contributed by atoms with Gasteiger partial charge < -0.3 is 10.5 Å². The van der Waals surface area contributed by atoms with Gasteiger partial charge in [0, 0.05) is 34.5 Å². The van der Waals surface area contributed by atoms with Crippen LogP contribution in [-0.4, -0.2) is 34.5 Å². The van der Waals surface area contributed by atoms with Crippen LogP contribution in [0.5, 0.6) is 0 Å². The molecule has 0 aromatic rings. The van der Waals surface area contributed by atoms with Gasteiger partial charge in [-0.3, -0.25) is 4.21 Å². The molecule has 0 saturated heterocycles. The molecule has 3 nitrogen and oxygen atoms in total. The quantitative estimate of drug-likeness (QED) is 0.656. The number of nitrogens with two attached hydrogens (primary N) is 1. The Morgan fingerprint density at radius 1 is 1.43 bits per heavy atom. The molecule has 0 bridgehead atoms. The van der Waals surface area contributed by atoms with Crippen LogP contribution in [0.3, 0.4) is 0 Å². The second-order valence-corrected chi connectivity index (χ2v) is 6.32. The third-order valence-corrected chi connectivity index (χ3v) is 3.13. The maximum Gasteiger partial charge on any atom is 0.0581 e. The fraction of sp³-hybridized carbons (Fsp3) is 1.00. The van der Waals surface area contributed by atoms with Gasteiger partial charge in [0.05, 0.1) is 6.61 Å². The molecule has 0 aliphatic heterocycles.